The second kappa shape index (κ2) is 4.56. The van der Waals surface area contributed by atoms with Crippen molar-refractivity contribution in [2.45, 2.75) is 25.6 Å². The summed E-state index contributed by atoms with van der Waals surface area (Å²) in [5.74, 6) is 0. The van der Waals surface area contributed by atoms with Gasteiger partial charge in [0, 0.05) is 19.1 Å². The first kappa shape index (κ1) is 10.7. The topological polar surface area (TPSA) is 38.0 Å². The maximum absolute atomic E-state index is 11.5. The van der Waals surface area contributed by atoms with Gasteiger partial charge in [-0.05, 0) is 6.92 Å². The van der Waals surface area contributed by atoms with Crippen molar-refractivity contribution in [3.8, 4) is 0 Å². The third-order valence-corrected chi connectivity index (χ3v) is 1.05. The Morgan fingerprint density at radius 2 is 2.00 bits per heavy atom. The van der Waals surface area contributed by atoms with Gasteiger partial charge in [0.2, 0.25) is 0 Å². The van der Waals surface area contributed by atoms with E-state index in [-0.39, 0.29) is 12.6 Å². The highest BCUT2D eigenvalue weighted by molar-refractivity contribution is 4.59. The molecule has 68 valence electrons. The lowest BCUT2D eigenvalue weighted by atomic mass is 10.3. The van der Waals surface area contributed by atoms with Crippen LogP contribution in [0.5, 0.6) is 0 Å². The minimum absolute atomic E-state index is 0.0506. The molecule has 5 heteroatoms. The molecule has 1 unspecified atom stereocenters. The van der Waals surface area contributed by atoms with Crippen molar-refractivity contribution in [2.75, 3.05) is 13.1 Å². The van der Waals surface area contributed by atoms with Gasteiger partial charge in [-0.1, -0.05) is 0 Å². The molecule has 11 heavy (non-hydrogen) atoms. The van der Waals surface area contributed by atoms with Gasteiger partial charge in [0.05, 0.1) is 6.42 Å². The molecule has 0 saturated heterocycles. The first-order valence-electron chi connectivity index (χ1n) is 3.45. The van der Waals surface area contributed by atoms with E-state index in [1.54, 1.807) is 6.92 Å². The van der Waals surface area contributed by atoms with Gasteiger partial charge in [-0.25, -0.2) is 0 Å². The highest BCUT2D eigenvalue weighted by Gasteiger charge is 2.25. The summed E-state index contributed by atoms with van der Waals surface area (Å²) in [6.07, 6.45) is -4.86. The van der Waals surface area contributed by atoms with E-state index in [1.807, 2.05) is 0 Å². The molecule has 0 aromatic rings. The molecule has 0 bridgehead atoms. The van der Waals surface area contributed by atoms with Crippen LogP contribution in [0.1, 0.15) is 13.3 Å². The van der Waals surface area contributed by atoms with Crippen molar-refractivity contribution in [3.63, 3.8) is 0 Å². The lowest BCUT2D eigenvalue weighted by Crippen LogP contribution is -2.33. The molecule has 2 nitrogen and oxygen atoms in total. The molecule has 0 rings (SSSR count). The number of nitrogens with two attached hydrogens (primary N) is 1. The first-order chi connectivity index (χ1) is 4.92. The second-order valence-electron chi connectivity index (χ2n) is 2.55. The SMILES string of the molecule is CC(N)CNCCC(F)(F)F. The molecule has 0 aliphatic carbocycles. The van der Waals surface area contributed by atoms with Crippen molar-refractivity contribution in [2.24, 2.45) is 5.73 Å². The fourth-order valence-electron chi connectivity index (χ4n) is 0.560. The lowest BCUT2D eigenvalue weighted by Gasteiger charge is -2.08. The van der Waals surface area contributed by atoms with E-state index in [2.05, 4.69) is 5.32 Å². The molecule has 0 spiro atoms. The minimum Gasteiger partial charge on any atom is -0.327 e. The standard InChI is InChI=1S/C6H13F3N2/c1-5(10)4-11-3-2-6(7,8)9/h5,11H,2-4,10H2,1H3. The molecule has 0 saturated carbocycles. The van der Waals surface area contributed by atoms with Gasteiger partial charge >= 0.3 is 6.18 Å². The molecule has 3 N–H and O–H groups in total. The third kappa shape index (κ3) is 9.71. The molecule has 0 aliphatic heterocycles. The summed E-state index contributed by atoms with van der Waals surface area (Å²) in [7, 11) is 0. The van der Waals surface area contributed by atoms with Crippen LogP contribution in [0, 0.1) is 0 Å². The summed E-state index contributed by atoms with van der Waals surface area (Å²) in [6, 6.07) is -0.0942. The highest BCUT2D eigenvalue weighted by atomic mass is 19.4. The zero-order valence-electron chi connectivity index (χ0n) is 6.41. The Hall–Kier alpha value is -0.290. The molecular weight excluding hydrogens is 157 g/mol. The normalized spacial score (nSPS) is 15.0. The van der Waals surface area contributed by atoms with Crippen molar-refractivity contribution in [3.05, 3.63) is 0 Å². The largest absolute Gasteiger partial charge is 0.390 e. The Morgan fingerprint density at radius 1 is 1.45 bits per heavy atom. The van der Waals surface area contributed by atoms with E-state index < -0.39 is 12.6 Å². The van der Waals surface area contributed by atoms with Crippen LogP contribution in [-0.4, -0.2) is 25.3 Å². The summed E-state index contributed by atoms with van der Waals surface area (Å²) in [5.41, 5.74) is 5.30. The number of alkyl halides is 3. The van der Waals surface area contributed by atoms with Gasteiger partial charge < -0.3 is 11.1 Å². The molecule has 0 heterocycles. The number of halogens is 3. The van der Waals surface area contributed by atoms with Gasteiger partial charge in [0.25, 0.3) is 0 Å². The Balaban J connectivity index is 3.15. The summed E-state index contributed by atoms with van der Waals surface area (Å²) in [6.45, 7) is 2.11. The maximum atomic E-state index is 11.5. The van der Waals surface area contributed by atoms with Crippen LogP contribution in [0.2, 0.25) is 0 Å². The van der Waals surface area contributed by atoms with Crippen molar-refractivity contribution in [1.82, 2.24) is 5.32 Å². The number of rotatable bonds is 4. The predicted octanol–water partition coefficient (Wildman–Crippen LogP) is 0.876. The van der Waals surface area contributed by atoms with Crippen molar-refractivity contribution < 1.29 is 13.2 Å². The minimum atomic E-state index is -4.06. The van der Waals surface area contributed by atoms with E-state index >= 15 is 0 Å². The molecule has 0 aliphatic rings. The van der Waals surface area contributed by atoms with Crippen LogP contribution in [0.15, 0.2) is 0 Å². The summed E-state index contributed by atoms with van der Waals surface area (Å²) in [5, 5.41) is 2.60. The van der Waals surface area contributed by atoms with Crippen LogP contribution >= 0.6 is 0 Å². The van der Waals surface area contributed by atoms with E-state index in [0.717, 1.165) is 0 Å². The molecule has 0 aromatic carbocycles. The first-order valence-corrected chi connectivity index (χ1v) is 3.45. The number of hydrogen-bond acceptors (Lipinski definition) is 2. The zero-order valence-corrected chi connectivity index (χ0v) is 6.41. The van der Waals surface area contributed by atoms with Gasteiger partial charge in [-0.15, -0.1) is 0 Å². The molecular formula is C6H13F3N2. The predicted molar refractivity (Wildman–Crippen MR) is 37.2 cm³/mol. The van der Waals surface area contributed by atoms with Crippen LogP contribution in [0.25, 0.3) is 0 Å². The Bertz CT molecular complexity index is 100. The number of nitrogens with one attached hydrogen (secondary N) is 1. The quantitative estimate of drug-likeness (QED) is 0.614. The Labute approximate surface area is 64.0 Å². The van der Waals surface area contributed by atoms with Gasteiger partial charge in [0.1, 0.15) is 0 Å². The van der Waals surface area contributed by atoms with E-state index in [1.165, 1.54) is 0 Å². The smallest absolute Gasteiger partial charge is 0.327 e. The maximum Gasteiger partial charge on any atom is 0.390 e. The average Bonchev–Trinajstić information content (AvgIpc) is 1.78. The fraction of sp³-hybridized carbons (Fsp3) is 1.00. The second-order valence-corrected chi connectivity index (χ2v) is 2.55. The zero-order chi connectivity index (χ0) is 8.91. The fourth-order valence-corrected chi connectivity index (χ4v) is 0.560. The van der Waals surface area contributed by atoms with Crippen LogP contribution < -0.4 is 11.1 Å². The molecule has 0 radical (unpaired) electrons. The monoisotopic (exact) mass is 170 g/mol. The lowest BCUT2D eigenvalue weighted by molar-refractivity contribution is -0.133. The van der Waals surface area contributed by atoms with E-state index in [0.29, 0.717) is 6.54 Å². The summed E-state index contributed by atoms with van der Waals surface area (Å²) >= 11 is 0. The van der Waals surface area contributed by atoms with Crippen LogP contribution in [0.3, 0.4) is 0 Å². The molecule has 1 atom stereocenters. The van der Waals surface area contributed by atoms with Crippen LogP contribution in [0.4, 0.5) is 13.2 Å². The van der Waals surface area contributed by atoms with Crippen LogP contribution in [-0.2, 0) is 0 Å². The Kier molecular flexibility index (Phi) is 4.44. The Morgan fingerprint density at radius 3 is 2.36 bits per heavy atom. The molecule has 0 amide bonds. The molecule has 0 aromatic heterocycles. The third-order valence-electron chi connectivity index (χ3n) is 1.05. The average molecular weight is 170 g/mol. The van der Waals surface area contributed by atoms with Gasteiger partial charge in [-0.3, -0.25) is 0 Å². The van der Waals surface area contributed by atoms with Gasteiger partial charge in [0.15, 0.2) is 0 Å². The van der Waals surface area contributed by atoms with E-state index in [9.17, 15) is 13.2 Å². The molecule has 0 fully saturated rings. The van der Waals surface area contributed by atoms with Gasteiger partial charge in [-0.2, -0.15) is 13.2 Å². The van der Waals surface area contributed by atoms with E-state index in [4.69, 9.17) is 5.73 Å². The highest BCUT2D eigenvalue weighted by Crippen LogP contribution is 2.17. The van der Waals surface area contributed by atoms with Crippen molar-refractivity contribution >= 4 is 0 Å². The summed E-state index contributed by atoms with van der Waals surface area (Å²) in [4.78, 5) is 0. The number of hydrogen-bond donors (Lipinski definition) is 2. The van der Waals surface area contributed by atoms with Crippen molar-refractivity contribution in [1.29, 1.82) is 0 Å². The summed E-state index contributed by atoms with van der Waals surface area (Å²) < 4.78 is 34.5.